The van der Waals surface area contributed by atoms with Crippen LogP contribution >= 0.6 is 0 Å². The molecule has 0 saturated carbocycles. The van der Waals surface area contributed by atoms with Gasteiger partial charge in [-0.05, 0) is 44.7 Å². The molecule has 0 bridgehead atoms. The molecule has 0 atom stereocenters. The highest BCUT2D eigenvalue weighted by Crippen LogP contribution is 2.25. The van der Waals surface area contributed by atoms with Crippen molar-refractivity contribution < 1.29 is 22.3 Å². The Kier molecular flexibility index (Phi) is 5.29. The number of aryl methyl sites for hydroxylation is 2. The van der Waals surface area contributed by atoms with E-state index in [4.69, 9.17) is 9.05 Å². The first kappa shape index (κ1) is 20.1. The Bertz CT molecular complexity index is 1180. The van der Waals surface area contributed by atoms with Gasteiger partial charge in [0.1, 0.15) is 5.76 Å². The number of benzene rings is 1. The number of rotatable bonds is 5. The lowest BCUT2D eigenvalue weighted by Gasteiger charge is -2.24. The van der Waals surface area contributed by atoms with Crippen LogP contribution in [0.2, 0.25) is 0 Å². The molecule has 0 unspecified atom stereocenters. The average molecular weight is 431 g/mol. The molecule has 0 aliphatic carbocycles. The summed E-state index contributed by atoms with van der Waals surface area (Å²) in [5, 5.41) is 7.52. The maximum atomic E-state index is 12.8. The van der Waals surface area contributed by atoms with Gasteiger partial charge in [-0.3, -0.25) is 9.52 Å². The summed E-state index contributed by atoms with van der Waals surface area (Å²) < 4.78 is 38.1. The Morgan fingerprint density at radius 1 is 1.07 bits per heavy atom. The molecular weight excluding hydrogens is 410 g/mol. The molecule has 2 aromatic heterocycles. The summed E-state index contributed by atoms with van der Waals surface area (Å²) in [7, 11) is -3.92. The number of sulfonamides is 1. The zero-order valence-corrected chi connectivity index (χ0v) is 17.4. The van der Waals surface area contributed by atoms with E-state index in [9.17, 15) is 13.2 Å². The quantitative estimate of drug-likeness (QED) is 0.652. The van der Waals surface area contributed by atoms with Crippen LogP contribution in [-0.2, 0) is 10.0 Å². The number of amides is 1. The van der Waals surface area contributed by atoms with E-state index in [1.807, 2.05) is 0 Å². The highest BCUT2D eigenvalue weighted by atomic mass is 32.2. The van der Waals surface area contributed by atoms with Crippen LogP contribution in [0.1, 0.15) is 41.3 Å². The van der Waals surface area contributed by atoms with Gasteiger partial charge in [0.15, 0.2) is 5.82 Å². The van der Waals surface area contributed by atoms with Crippen molar-refractivity contribution in [2.45, 2.75) is 38.0 Å². The van der Waals surface area contributed by atoms with Crippen LogP contribution in [0, 0.1) is 13.8 Å². The van der Waals surface area contributed by atoms with E-state index in [1.165, 1.54) is 12.1 Å². The third kappa shape index (κ3) is 4.06. The van der Waals surface area contributed by atoms with Crippen molar-refractivity contribution in [3.05, 3.63) is 41.5 Å². The minimum Gasteiger partial charge on any atom is -0.360 e. The number of hydrogen-bond donors (Lipinski definition) is 1. The first-order valence-corrected chi connectivity index (χ1v) is 11.0. The first-order chi connectivity index (χ1) is 14.3. The second-order valence-electron chi connectivity index (χ2n) is 7.18. The standard InChI is InChI=1S/C19H21N5O5S/c1-12-6-7-14(11-15(12)30(26,27)23-16-10-13(2)28-21-16)17-20-18(29-22-17)19(25)24-8-4-3-5-9-24/h6-7,10-11H,3-5,8-9H2,1-2H3,(H,21,23). The van der Waals surface area contributed by atoms with E-state index in [-0.39, 0.29) is 28.3 Å². The number of aromatic nitrogens is 3. The molecule has 10 nitrogen and oxygen atoms in total. The van der Waals surface area contributed by atoms with E-state index in [2.05, 4.69) is 20.0 Å². The molecule has 1 fully saturated rings. The Morgan fingerprint density at radius 2 is 1.83 bits per heavy atom. The molecule has 30 heavy (non-hydrogen) atoms. The van der Waals surface area contributed by atoms with Crippen molar-refractivity contribution in [3.63, 3.8) is 0 Å². The minimum absolute atomic E-state index is 0.0364. The van der Waals surface area contributed by atoms with Crippen LogP contribution in [0.3, 0.4) is 0 Å². The zero-order valence-electron chi connectivity index (χ0n) is 16.6. The highest BCUT2D eigenvalue weighted by molar-refractivity contribution is 7.92. The van der Waals surface area contributed by atoms with Crippen LogP contribution in [0.15, 0.2) is 38.2 Å². The summed E-state index contributed by atoms with van der Waals surface area (Å²) in [5.41, 5.74) is 0.943. The monoisotopic (exact) mass is 431 g/mol. The van der Waals surface area contributed by atoms with Gasteiger partial charge in [-0.2, -0.15) is 4.98 Å². The molecule has 1 amide bonds. The predicted molar refractivity (Wildman–Crippen MR) is 106 cm³/mol. The highest BCUT2D eigenvalue weighted by Gasteiger charge is 2.25. The van der Waals surface area contributed by atoms with Gasteiger partial charge in [-0.1, -0.05) is 22.4 Å². The number of carbonyl (C=O) groups is 1. The second-order valence-corrected chi connectivity index (χ2v) is 8.84. The number of nitrogens with zero attached hydrogens (tertiary/aromatic N) is 4. The van der Waals surface area contributed by atoms with Crippen molar-refractivity contribution in [1.82, 2.24) is 20.2 Å². The van der Waals surface area contributed by atoms with Crippen molar-refractivity contribution in [3.8, 4) is 11.4 Å². The number of carbonyl (C=O) groups excluding carboxylic acids is 1. The molecule has 1 N–H and O–H groups in total. The van der Waals surface area contributed by atoms with E-state index in [1.54, 1.807) is 30.9 Å². The van der Waals surface area contributed by atoms with Gasteiger partial charge in [0.05, 0.1) is 4.90 Å². The number of piperidine rings is 1. The maximum Gasteiger partial charge on any atom is 0.316 e. The molecule has 1 aliphatic heterocycles. The summed E-state index contributed by atoms with van der Waals surface area (Å²) in [6.45, 7) is 4.66. The van der Waals surface area contributed by atoms with Gasteiger partial charge in [0, 0.05) is 24.7 Å². The fraction of sp³-hybridized carbons (Fsp3) is 0.368. The van der Waals surface area contributed by atoms with Crippen molar-refractivity contribution >= 4 is 21.7 Å². The number of anilines is 1. The van der Waals surface area contributed by atoms with Crippen LogP contribution < -0.4 is 4.72 Å². The van der Waals surface area contributed by atoms with Crippen molar-refractivity contribution in [2.24, 2.45) is 0 Å². The van der Waals surface area contributed by atoms with Gasteiger partial charge in [-0.25, -0.2) is 8.42 Å². The number of hydrogen-bond acceptors (Lipinski definition) is 8. The molecule has 1 saturated heterocycles. The zero-order chi connectivity index (χ0) is 21.3. The van der Waals surface area contributed by atoms with E-state index in [0.717, 1.165) is 19.3 Å². The van der Waals surface area contributed by atoms with Crippen LogP contribution in [0.4, 0.5) is 5.82 Å². The van der Waals surface area contributed by atoms with Gasteiger partial charge < -0.3 is 13.9 Å². The van der Waals surface area contributed by atoms with Gasteiger partial charge in [-0.15, -0.1) is 0 Å². The SMILES string of the molecule is Cc1cc(NS(=O)(=O)c2cc(-c3noc(C(=O)N4CCCCC4)n3)ccc2C)no1. The Morgan fingerprint density at radius 3 is 2.53 bits per heavy atom. The first-order valence-electron chi connectivity index (χ1n) is 9.53. The summed E-state index contributed by atoms with van der Waals surface area (Å²) in [5.74, 6) is 0.302. The Hall–Kier alpha value is -3.21. The summed E-state index contributed by atoms with van der Waals surface area (Å²) in [6, 6.07) is 6.23. The van der Waals surface area contributed by atoms with Crippen molar-refractivity contribution in [2.75, 3.05) is 17.8 Å². The lowest BCUT2D eigenvalue weighted by Crippen LogP contribution is -2.35. The molecule has 0 radical (unpaired) electrons. The fourth-order valence-corrected chi connectivity index (χ4v) is 4.55. The lowest BCUT2D eigenvalue weighted by molar-refractivity contribution is 0.0674. The molecule has 4 rings (SSSR count). The largest absolute Gasteiger partial charge is 0.360 e. The second kappa shape index (κ2) is 7.90. The van der Waals surface area contributed by atoms with Gasteiger partial charge in [0.25, 0.3) is 10.0 Å². The maximum absolute atomic E-state index is 12.8. The number of nitrogens with one attached hydrogen (secondary N) is 1. The van der Waals surface area contributed by atoms with Gasteiger partial charge in [0.2, 0.25) is 5.82 Å². The summed E-state index contributed by atoms with van der Waals surface area (Å²) in [6.07, 6.45) is 3.00. The van der Waals surface area contributed by atoms with Crippen LogP contribution in [-0.4, -0.2) is 47.6 Å². The molecule has 3 aromatic rings. The Labute approximate surface area is 173 Å². The smallest absolute Gasteiger partial charge is 0.316 e. The van der Waals surface area contributed by atoms with E-state index in [0.29, 0.717) is 30.0 Å². The van der Waals surface area contributed by atoms with Crippen molar-refractivity contribution in [1.29, 1.82) is 0 Å². The molecular formula is C19H21N5O5S. The molecule has 11 heteroatoms. The lowest BCUT2D eigenvalue weighted by atomic mass is 10.1. The predicted octanol–water partition coefficient (Wildman–Crippen LogP) is 2.77. The summed E-state index contributed by atoms with van der Waals surface area (Å²) >= 11 is 0. The summed E-state index contributed by atoms with van der Waals surface area (Å²) in [4.78, 5) is 18.4. The van der Waals surface area contributed by atoms with E-state index >= 15 is 0 Å². The fourth-order valence-electron chi connectivity index (χ4n) is 3.30. The molecule has 0 spiro atoms. The topological polar surface area (TPSA) is 131 Å². The number of likely N-dealkylation sites (tertiary alicyclic amines) is 1. The van der Waals surface area contributed by atoms with E-state index < -0.39 is 10.0 Å². The van der Waals surface area contributed by atoms with Gasteiger partial charge >= 0.3 is 11.8 Å². The molecule has 1 aliphatic rings. The Balaban J connectivity index is 1.60. The normalized spacial score (nSPS) is 14.7. The van der Waals surface area contributed by atoms with Crippen LogP contribution in [0.25, 0.3) is 11.4 Å². The molecule has 1 aromatic carbocycles. The molecule has 158 valence electrons. The average Bonchev–Trinajstić information content (AvgIpc) is 3.37. The van der Waals surface area contributed by atoms with Crippen LogP contribution in [0.5, 0.6) is 0 Å². The third-order valence-electron chi connectivity index (χ3n) is 4.86. The molecule has 3 heterocycles. The minimum atomic E-state index is -3.92. The third-order valence-corrected chi connectivity index (χ3v) is 6.35.